The van der Waals surface area contributed by atoms with Crippen molar-refractivity contribution in [2.45, 2.75) is 31.9 Å². The first kappa shape index (κ1) is 20.9. The monoisotopic (exact) mass is 477 g/mol. The highest BCUT2D eigenvalue weighted by atomic mass is 127. The lowest BCUT2D eigenvalue weighted by Crippen LogP contribution is -2.42. The number of alkyl halides is 3. The second kappa shape index (κ2) is 8.51. The summed E-state index contributed by atoms with van der Waals surface area (Å²) in [6.45, 7) is 2.39. The number of likely N-dealkylation sites (tertiary alicyclic amines) is 1. The van der Waals surface area contributed by atoms with Gasteiger partial charge in [-0.2, -0.15) is 13.2 Å². The van der Waals surface area contributed by atoms with Crippen molar-refractivity contribution in [3.05, 3.63) is 35.4 Å². The first-order valence-corrected chi connectivity index (χ1v) is 8.54. The lowest BCUT2D eigenvalue weighted by molar-refractivity contribution is -0.137. The molecule has 1 heterocycles. The molecule has 2 aliphatic rings. The third kappa shape index (κ3) is 4.84. The first-order valence-electron chi connectivity index (χ1n) is 8.54. The van der Waals surface area contributed by atoms with Crippen molar-refractivity contribution >= 4 is 29.9 Å². The van der Waals surface area contributed by atoms with E-state index in [9.17, 15) is 13.2 Å². The summed E-state index contributed by atoms with van der Waals surface area (Å²) in [5, 5.41) is 3.19. The number of guanidine groups is 1. The van der Waals surface area contributed by atoms with Crippen molar-refractivity contribution in [3.63, 3.8) is 0 Å². The number of nitrogens with one attached hydrogen (secondary N) is 1. The Morgan fingerprint density at radius 3 is 2.65 bits per heavy atom. The highest BCUT2D eigenvalue weighted by Crippen LogP contribution is 2.47. The summed E-state index contributed by atoms with van der Waals surface area (Å²) < 4.78 is 38.1. The third-order valence-electron chi connectivity index (χ3n) is 5.12. The molecule has 1 spiro atoms. The molecule has 3 rings (SSSR count). The van der Waals surface area contributed by atoms with Gasteiger partial charge >= 0.3 is 6.18 Å². The van der Waals surface area contributed by atoms with E-state index >= 15 is 0 Å². The molecular formula is C19H23F3IN3. The molecular weight excluding hydrogens is 454 g/mol. The predicted molar refractivity (Wildman–Crippen MR) is 108 cm³/mol. The van der Waals surface area contributed by atoms with Gasteiger partial charge in [0.05, 0.1) is 12.1 Å². The van der Waals surface area contributed by atoms with Crippen LogP contribution in [0.2, 0.25) is 0 Å². The van der Waals surface area contributed by atoms with Crippen molar-refractivity contribution < 1.29 is 13.2 Å². The van der Waals surface area contributed by atoms with Gasteiger partial charge in [-0.3, -0.25) is 4.99 Å². The maximum Gasteiger partial charge on any atom is 0.416 e. The van der Waals surface area contributed by atoms with Gasteiger partial charge in [0, 0.05) is 25.7 Å². The Hall–Kier alpha value is -1.43. The van der Waals surface area contributed by atoms with E-state index in [0.29, 0.717) is 17.5 Å². The first-order chi connectivity index (χ1) is 11.9. The zero-order chi connectivity index (χ0) is 17.9. The summed E-state index contributed by atoms with van der Waals surface area (Å²) >= 11 is 0. The van der Waals surface area contributed by atoms with Crippen LogP contribution in [0, 0.1) is 17.3 Å². The molecule has 7 heteroatoms. The van der Waals surface area contributed by atoms with Gasteiger partial charge in [-0.1, -0.05) is 24.3 Å². The molecule has 0 amide bonds. The highest BCUT2D eigenvalue weighted by Gasteiger charge is 2.43. The quantitative estimate of drug-likeness (QED) is 0.285. The smallest absolute Gasteiger partial charge is 0.345 e. The molecule has 1 aromatic carbocycles. The van der Waals surface area contributed by atoms with Gasteiger partial charge in [0.15, 0.2) is 5.96 Å². The molecule has 0 atom stereocenters. The summed E-state index contributed by atoms with van der Waals surface area (Å²) in [7, 11) is 1.74. The number of hydrogen-bond donors (Lipinski definition) is 1. The molecule has 26 heavy (non-hydrogen) atoms. The van der Waals surface area contributed by atoms with Gasteiger partial charge in [-0.05, 0) is 42.9 Å². The number of hydrogen-bond acceptors (Lipinski definition) is 1. The van der Waals surface area contributed by atoms with Crippen LogP contribution in [0.4, 0.5) is 13.2 Å². The van der Waals surface area contributed by atoms with E-state index in [1.165, 1.54) is 31.7 Å². The van der Waals surface area contributed by atoms with Gasteiger partial charge in [0.1, 0.15) is 0 Å². The van der Waals surface area contributed by atoms with Crippen molar-refractivity contribution in [1.82, 2.24) is 10.2 Å². The Kier molecular flexibility index (Phi) is 6.83. The van der Waals surface area contributed by atoms with Crippen LogP contribution in [-0.2, 0) is 6.18 Å². The summed E-state index contributed by atoms with van der Waals surface area (Å²) in [5.41, 5.74) is 0.175. The minimum absolute atomic E-state index is 0. The van der Waals surface area contributed by atoms with E-state index in [0.717, 1.165) is 31.2 Å². The van der Waals surface area contributed by atoms with E-state index in [-0.39, 0.29) is 24.0 Å². The molecule has 1 saturated heterocycles. The van der Waals surface area contributed by atoms with Gasteiger partial charge in [-0.25, -0.2) is 0 Å². The molecule has 0 unspecified atom stereocenters. The zero-order valence-corrected chi connectivity index (χ0v) is 17.0. The van der Waals surface area contributed by atoms with E-state index in [4.69, 9.17) is 0 Å². The summed E-state index contributed by atoms with van der Waals surface area (Å²) in [6, 6.07) is 5.08. The van der Waals surface area contributed by atoms with E-state index in [1.807, 2.05) is 0 Å². The van der Waals surface area contributed by atoms with Crippen LogP contribution < -0.4 is 5.32 Å². The second-order valence-electron chi connectivity index (χ2n) is 6.81. The number of aliphatic imine (C=N–C) groups is 1. The zero-order valence-electron chi connectivity index (χ0n) is 14.7. The molecule has 1 N–H and O–H groups in total. The van der Waals surface area contributed by atoms with Crippen molar-refractivity contribution in [3.8, 4) is 11.8 Å². The number of halogens is 4. The van der Waals surface area contributed by atoms with E-state index in [2.05, 4.69) is 27.0 Å². The molecule has 0 radical (unpaired) electrons. The lowest BCUT2D eigenvalue weighted by Gasteiger charge is -2.38. The summed E-state index contributed by atoms with van der Waals surface area (Å²) in [6.07, 6.45) is 0.794. The Balaban J connectivity index is 0.00000243. The van der Waals surface area contributed by atoms with Crippen molar-refractivity contribution in [1.29, 1.82) is 0 Å². The molecule has 142 valence electrons. The van der Waals surface area contributed by atoms with E-state index < -0.39 is 11.7 Å². The minimum atomic E-state index is -4.34. The maximum atomic E-state index is 12.7. The van der Waals surface area contributed by atoms with E-state index in [1.54, 1.807) is 13.1 Å². The minimum Gasteiger partial charge on any atom is -0.345 e. The number of rotatable bonds is 1. The van der Waals surface area contributed by atoms with Crippen LogP contribution >= 0.6 is 24.0 Å². The molecule has 1 aliphatic carbocycles. The fourth-order valence-corrected chi connectivity index (χ4v) is 3.58. The van der Waals surface area contributed by atoms with Gasteiger partial charge in [0.2, 0.25) is 0 Å². The normalized spacial score (nSPS) is 18.6. The average Bonchev–Trinajstić information content (AvgIpc) is 3.00. The maximum absolute atomic E-state index is 12.7. The van der Waals surface area contributed by atoms with Crippen LogP contribution in [0.25, 0.3) is 0 Å². The SMILES string of the molecule is CN=C(NCC#Cc1cccc(C(F)(F)F)c1)N1CCC2(CCC2)C1.I. The fourth-order valence-electron chi connectivity index (χ4n) is 3.58. The van der Waals surface area contributed by atoms with Gasteiger partial charge in [0.25, 0.3) is 0 Å². The molecule has 3 nitrogen and oxygen atoms in total. The Bertz CT molecular complexity index is 715. The third-order valence-corrected chi connectivity index (χ3v) is 5.12. The summed E-state index contributed by atoms with van der Waals surface area (Å²) in [5.74, 6) is 6.48. The number of benzene rings is 1. The van der Waals surface area contributed by atoms with Crippen LogP contribution in [0.3, 0.4) is 0 Å². The van der Waals surface area contributed by atoms with Crippen LogP contribution in [-0.4, -0.2) is 37.5 Å². The van der Waals surface area contributed by atoms with Crippen LogP contribution in [0.5, 0.6) is 0 Å². The fraction of sp³-hybridized carbons (Fsp3) is 0.526. The summed E-state index contributed by atoms with van der Waals surface area (Å²) in [4.78, 5) is 6.55. The topological polar surface area (TPSA) is 27.6 Å². The standard InChI is InChI=1S/C19H22F3N3.HI/c1-23-17(25-12-10-18(14-25)8-4-9-18)24-11-3-6-15-5-2-7-16(13-15)19(20,21)22;/h2,5,7,13H,4,8-12,14H2,1H3,(H,23,24);1H. The largest absolute Gasteiger partial charge is 0.416 e. The van der Waals surface area contributed by atoms with Gasteiger partial charge in [-0.15, -0.1) is 24.0 Å². The Morgan fingerprint density at radius 2 is 2.08 bits per heavy atom. The Morgan fingerprint density at radius 1 is 1.31 bits per heavy atom. The molecule has 0 bridgehead atoms. The predicted octanol–water partition coefficient (Wildman–Crippen LogP) is 4.13. The molecule has 1 aliphatic heterocycles. The molecule has 2 fully saturated rings. The van der Waals surface area contributed by atoms with Gasteiger partial charge < -0.3 is 10.2 Å². The lowest BCUT2D eigenvalue weighted by atomic mass is 9.68. The molecule has 1 saturated carbocycles. The van der Waals surface area contributed by atoms with Crippen molar-refractivity contribution in [2.24, 2.45) is 10.4 Å². The average molecular weight is 477 g/mol. The molecule has 0 aromatic heterocycles. The highest BCUT2D eigenvalue weighted by molar-refractivity contribution is 14.0. The second-order valence-corrected chi connectivity index (χ2v) is 6.81. The Labute approximate surface area is 169 Å². The molecule has 1 aromatic rings. The van der Waals surface area contributed by atoms with Crippen LogP contribution in [0.1, 0.15) is 36.8 Å². The number of nitrogens with zero attached hydrogens (tertiary/aromatic N) is 2. The van der Waals surface area contributed by atoms with Crippen molar-refractivity contribution in [2.75, 3.05) is 26.7 Å². The van der Waals surface area contributed by atoms with Crippen LogP contribution in [0.15, 0.2) is 29.3 Å².